The highest BCUT2D eigenvalue weighted by atomic mass is 32.1. The Morgan fingerprint density at radius 2 is 1.84 bits per heavy atom. The van der Waals surface area contributed by atoms with Gasteiger partial charge in [0.15, 0.2) is 0 Å². The van der Waals surface area contributed by atoms with Crippen molar-refractivity contribution in [2.45, 2.75) is 0 Å². The normalized spacial score (nSPS) is 10.8. The smallest absolute Gasteiger partial charge is 0.258 e. The minimum Gasteiger partial charge on any atom is -0.365 e. The molecule has 0 aliphatic carbocycles. The topological polar surface area (TPSA) is 43.1 Å². The maximum atomic E-state index is 13.0. The molecule has 94 valence electrons. The van der Waals surface area contributed by atoms with Crippen molar-refractivity contribution >= 4 is 27.3 Å². The lowest BCUT2D eigenvalue weighted by molar-refractivity contribution is 0.100. The molecular weight excluding hydrogens is 261 g/mol. The molecule has 0 aliphatic rings. The van der Waals surface area contributed by atoms with Crippen molar-refractivity contribution in [2.75, 3.05) is 0 Å². The van der Waals surface area contributed by atoms with Crippen LogP contribution in [0.25, 0.3) is 21.2 Å². The van der Waals surface area contributed by atoms with Gasteiger partial charge in [0.1, 0.15) is 5.82 Å². The lowest BCUT2D eigenvalue weighted by Crippen LogP contribution is -2.08. The van der Waals surface area contributed by atoms with Crippen molar-refractivity contribution in [3.05, 3.63) is 59.2 Å². The van der Waals surface area contributed by atoms with E-state index in [-0.39, 0.29) is 5.82 Å². The van der Waals surface area contributed by atoms with Crippen molar-refractivity contribution in [1.82, 2.24) is 0 Å². The Balaban J connectivity index is 2.23. The predicted molar refractivity (Wildman–Crippen MR) is 75.7 cm³/mol. The molecule has 0 fully saturated rings. The van der Waals surface area contributed by atoms with Gasteiger partial charge in [-0.2, -0.15) is 0 Å². The Labute approximate surface area is 113 Å². The van der Waals surface area contributed by atoms with Crippen LogP contribution < -0.4 is 5.73 Å². The molecule has 0 bridgehead atoms. The van der Waals surface area contributed by atoms with Gasteiger partial charge >= 0.3 is 0 Å². The lowest BCUT2D eigenvalue weighted by atomic mass is 10.0. The molecule has 3 rings (SSSR count). The number of rotatable bonds is 2. The number of benzene rings is 2. The number of fused-ring (bicyclic) bond motifs is 1. The molecule has 1 heterocycles. The SMILES string of the molecule is NC(=O)c1cc2c(-c3ccc(F)cc3)cccc2s1. The predicted octanol–water partition coefficient (Wildman–Crippen LogP) is 3.81. The highest BCUT2D eigenvalue weighted by Gasteiger charge is 2.10. The van der Waals surface area contributed by atoms with Gasteiger partial charge in [0.25, 0.3) is 5.91 Å². The fraction of sp³-hybridized carbons (Fsp3) is 0. The molecule has 0 atom stereocenters. The molecule has 3 aromatic rings. The van der Waals surface area contributed by atoms with Gasteiger partial charge in [0, 0.05) is 10.1 Å². The summed E-state index contributed by atoms with van der Waals surface area (Å²) in [6.45, 7) is 0. The molecule has 0 saturated heterocycles. The van der Waals surface area contributed by atoms with Gasteiger partial charge in [-0.15, -0.1) is 11.3 Å². The first kappa shape index (κ1) is 11.9. The van der Waals surface area contributed by atoms with E-state index >= 15 is 0 Å². The first-order valence-corrected chi connectivity index (χ1v) is 6.55. The zero-order valence-electron chi connectivity index (χ0n) is 9.89. The van der Waals surface area contributed by atoms with Gasteiger partial charge in [-0.25, -0.2) is 4.39 Å². The molecule has 0 saturated carbocycles. The molecule has 0 radical (unpaired) electrons. The van der Waals surface area contributed by atoms with Crippen LogP contribution in [-0.4, -0.2) is 5.91 Å². The van der Waals surface area contributed by atoms with Crippen LogP contribution in [0, 0.1) is 5.82 Å². The Bertz CT molecular complexity index is 761. The maximum Gasteiger partial charge on any atom is 0.258 e. The molecule has 0 spiro atoms. The van der Waals surface area contributed by atoms with E-state index in [2.05, 4.69) is 0 Å². The van der Waals surface area contributed by atoms with Gasteiger partial charge in [-0.05, 0) is 35.4 Å². The molecule has 2 aromatic carbocycles. The molecule has 2 nitrogen and oxygen atoms in total. The second-order valence-electron chi connectivity index (χ2n) is 4.20. The fourth-order valence-corrected chi connectivity index (χ4v) is 3.00. The number of thiophene rings is 1. The molecule has 0 unspecified atom stereocenters. The van der Waals surface area contributed by atoms with Crippen molar-refractivity contribution in [3.8, 4) is 11.1 Å². The van der Waals surface area contributed by atoms with E-state index in [4.69, 9.17) is 5.73 Å². The van der Waals surface area contributed by atoms with Gasteiger partial charge in [-0.3, -0.25) is 4.79 Å². The second kappa shape index (κ2) is 4.48. The van der Waals surface area contributed by atoms with E-state index in [1.807, 2.05) is 18.2 Å². The minimum atomic E-state index is -0.425. The summed E-state index contributed by atoms with van der Waals surface area (Å²) in [6.07, 6.45) is 0. The van der Waals surface area contributed by atoms with E-state index < -0.39 is 5.91 Å². The summed E-state index contributed by atoms with van der Waals surface area (Å²) in [5, 5.41) is 0.966. The van der Waals surface area contributed by atoms with Gasteiger partial charge in [0.2, 0.25) is 0 Å². The lowest BCUT2D eigenvalue weighted by Gasteiger charge is -2.03. The molecule has 0 aliphatic heterocycles. The summed E-state index contributed by atoms with van der Waals surface area (Å²) in [5.74, 6) is -0.690. The average Bonchev–Trinajstić information content (AvgIpc) is 2.83. The van der Waals surface area contributed by atoms with Crippen LogP contribution in [-0.2, 0) is 0 Å². The summed E-state index contributed by atoms with van der Waals surface area (Å²) in [4.78, 5) is 11.8. The number of nitrogens with two attached hydrogens (primary N) is 1. The number of amides is 1. The summed E-state index contributed by atoms with van der Waals surface area (Å²) >= 11 is 1.37. The summed E-state index contributed by atoms with van der Waals surface area (Å²) in [6, 6.07) is 13.9. The number of halogens is 1. The summed E-state index contributed by atoms with van der Waals surface area (Å²) in [7, 11) is 0. The minimum absolute atomic E-state index is 0.265. The third-order valence-corrected chi connectivity index (χ3v) is 4.07. The van der Waals surface area contributed by atoms with Crippen molar-refractivity contribution in [2.24, 2.45) is 5.73 Å². The Hall–Kier alpha value is -2.20. The summed E-state index contributed by atoms with van der Waals surface area (Å²) in [5.41, 5.74) is 7.20. The third kappa shape index (κ3) is 2.11. The summed E-state index contributed by atoms with van der Waals surface area (Å²) < 4.78 is 14.0. The van der Waals surface area contributed by atoms with E-state index in [1.165, 1.54) is 23.5 Å². The highest BCUT2D eigenvalue weighted by Crippen LogP contribution is 2.34. The Morgan fingerprint density at radius 3 is 2.53 bits per heavy atom. The first-order valence-electron chi connectivity index (χ1n) is 5.73. The van der Waals surface area contributed by atoms with Crippen molar-refractivity contribution in [1.29, 1.82) is 0 Å². The zero-order chi connectivity index (χ0) is 13.4. The van der Waals surface area contributed by atoms with Gasteiger partial charge in [-0.1, -0.05) is 24.3 Å². The van der Waals surface area contributed by atoms with Crippen LogP contribution in [0.2, 0.25) is 0 Å². The number of primary amides is 1. The highest BCUT2D eigenvalue weighted by molar-refractivity contribution is 7.20. The van der Waals surface area contributed by atoms with E-state index in [0.717, 1.165) is 21.2 Å². The second-order valence-corrected chi connectivity index (χ2v) is 5.28. The number of hydrogen-bond donors (Lipinski definition) is 1. The van der Waals surface area contributed by atoms with Crippen LogP contribution >= 0.6 is 11.3 Å². The Kier molecular flexibility index (Phi) is 2.80. The van der Waals surface area contributed by atoms with Crippen LogP contribution in [0.5, 0.6) is 0 Å². The first-order chi connectivity index (χ1) is 9.15. The molecular formula is C15H10FNOS. The van der Waals surface area contributed by atoms with Crippen LogP contribution in [0.3, 0.4) is 0 Å². The van der Waals surface area contributed by atoms with E-state index in [0.29, 0.717) is 4.88 Å². The number of carbonyl (C=O) groups is 1. The van der Waals surface area contributed by atoms with Crippen LogP contribution in [0.1, 0.15) is 9.67 Å². The van der Waals surface area contributed by atoms with Crippen LogP contribution in [0.4, 0.5) is 4.39 Å². The number of carbonyl (C=O) groups excluding carboxylic acids is 1. The average molecular weight is 271 g/mol. The van der Waals surface area contributed by atoms with Crippen molar-refractivity contribution < 1.29 is 9.18 Å². The molecule has 19 heavy (non-hydrogen) atoms. The number of hydrogen-bond acceptors (Lipinski definition) is 2. The molecule has 4 heteroatoms. The monoisotopic (exact) mass is 271 g/mol. The maximum absolute atomic E-state index is 13.0. The zero-order valence-corrected chi connectivity index (χ0v) is 10.7. The van der Waals surface area contributed by atoms with Gasteiger partial charge < -0.3 is 5.73 Å². The molecule has 1 aromatic heterocycles. The third-order valence-electron chi connectivity index (χ3n) is 2.96. The van der Waals surface area contributed by atoms with E-state index in [9.17, 15) is 9.18 Å². The largest absolute Gasteiger partial charge is 0.365 e. The molecule has 1 amide bonds. The Morgan fingerprint density at radius 1 is 1.11 bits per heavy atom. The fourth-order valence-electron chi connectivity index (χ4n) is 2.06. The van der Waals surface area contributed by atoms with Crippen LogP contribution in [0.15, 0.2) is 48.5 Å². The van der Waals surface area contributed by atoms with Crippen molar-refractivity contribution in [3.63, 3.8) is 0 Å². The van der Waals surface area contributed by atoms with E-state index in [1.54, 1.807) is 18.2 Å². The quantitative estimate of drug-likeness (QED) is 0.756. The standard InChI is InChI=1S/C15H10FNOS/c16-10-6-4-9(5-7-10)11-2-1-3-13-12(11)8-14(19-13)15(17)18/h1-8H,(H2,17,18). The van der Waals surface area contributed by atoms with Gasteiger partial charge in [0.05, 0.1) is 4.88 Å². The molecule has 2 N–H and O–H groups in total.